The van der Waals surface area contributed by atoms with Crippen molar-refractivity contribution < 1.29 is 14.4 Å². The van der Waals surface area contributed by atoms with Crippen LogP contribution in [0.2, 0.25) is 10.0 Å². The van der Waals surface area contributed by atoms with Gasteiger partial charge in [-0.2, -0.15) is 5.26 Å². The van der Waals surface area contributed by atoms with Gasteiger partial charge in [0.15, 0.2) is 0 Å². The highest BCUT2D eigenvalue weighted by atomic mass is 35.5. The number of amides is 3. The zero-order valence-electron chi connectivity index (χ0n) is 24.1. The molecule has 1 saturated heterocycles. The van der Waals surface area contributed by atoms with Crippen LogP contribution in [-0.2, 0) is 9.59 Å². The summed E-state index contributed by atoms with van der Waals surface area (Å²) in [6.45, 7) is 4.53. The fourth-order valence-electron chi connectivity index (χ4n) is 5.87. The number of nitrogens with one attached hydrogen (secondary N) is 1. The monoisotopic (exact) mass is 622 g/mol. The van der Waals surface area contributed by atoms with Gasteiger partial charge in [0, 0.05) is 31.1 Å². The number of nitrogens with zero attached hydrogens (tertiary/aromatic N) is 3. The van der Waals surface area contributed by atoms with E-state index in [2.05, 4.69) is 16.3 Å². The minimum atomic E-state index is -0.709. The Morgan fingerprint density at radius 3 is 2.42 bits per heavy atom. The number of fused-ring (bicyclic) bond motifs is 1. The number of nitrogens with two attached hydrogens (primary N) is 2. The molecule has 9 nitrogen and oxygen atoms in total. The van der Waals surface area contributed by atoms with Gasteiger partial charge in [0.1, 0.15) is 5.54 Å². The van der Waals surface area contributed by atoms with Crippen molar-refractivity contribution in [3.05, 3.63) is 81.3 Å². The van der Waals surface area contributed by atoms with Crippen LogP contribution in [-0.4, -0.2) is 72.3 Å². The van der Waals surface area contributed by atoms with Gasteiger partial charge in [-0.3, -0.25) is 14.4 Å². The normalized spacial score (nSPS) is 15.5. The summed E-state index contributed by atoms with van der Waals surface area (Å²) in [5, 5.41) is 15.1. The Hall–Kier alpha value is -3.68. The Bertz CT molecular complexity index is 1550. The molecule has 0 spiro atoms. The van der Waals surface area contributed by atoms with E-state index in [1.54, 1.807) is 24.3 Å². The van der Waals surface area contributed by atoms with E-state index in [-0.39, 0.29) is 24.9 Å². The van der Waals surface area contributed by atoms with E-state index >= 15 is 0 Å². The topological polar surface area (TPSA) is 146 Å². The van der Waals surface area contributed by atoms with Gasteiger partial charge >= 0.3 is 0 Å². The van der Waals surface area contributed by atoms with Gasteiger partial charge in [0.25, 0.3) is 5.91 Å². The summed E-state index contributed by atoms with van der Waals surface area (Å²) in [5.41, 5.74) is 12.2. The molecule has 3 aromatic rings. The van der Waals surface area contributed by atoms with Crippen LogP contribution in [0.4, 0.5) is 0 Å². The number of likely N-dealkylation sites (N-methyl/N-ethyl adjacent to an activating group) is 1. The molecular formula is C32H36Cl2N6O3. The Morgan fingerprint density at radius 2 is 1.79 bits per heavy atom. The lowest BCUT2D eigenvalue weighted by molar-refractivity contribution is -0.126. The second kappa shape index (κ2) is 14.2. The molecule has 3 amide bonds. The lowest BCUT2D eigenvalue weighted by atomic mass is 9.86. The number of carbonyl (C=O) groups is 3. The average Bonchev–Trinajstić information content (AvgIpc) is 2.99. The highest BCUT2D eigenvalue weighted by Crippen LogP contribution is 2.31. The summed E-state index contributed by atoms with van der Waals surface area (Å²) in [4.78, 5) is 42.2. The number of carbonyl (C=O) groups excluding carboxylic acids is 3. The first-order valence-electron chi connectivity index (χ1n) is 14.3. The van der Waals surface area contributed by atoms with Crippen molar-refractivity contribution in [2.45, 2.75) is 37.6 Å². The van der Waals surface area contributed by atoms with E-state index in [1.165, 1.54) is 4.90 Å². The Kier molecular flexibility index (Phi) is 10.6. The molecule has 5 N–H and O–H groups in total. The molecule has 0 bridgehead atoms. The standard InChI is InChI=1S/C32H36Cl2N6O3/c1-2-38-32(31(37)43)10-13-39(14-11-32)12-9-24(22-7-8-27(33)28(34)17-22)19-40(20-29(36)41)30(42)26-16-21(18-35)15-23-5-3-4-6-25(23)26/h3-8,15-17,24,38H,2,9-14,19-20H2,1H3,(H2,36,41)(H2,37,43)/t24-/m1/s1. The Balaban J connectivity index is 1.62. The molecule has 0 radical (unpaired) electrons. The summed E-state index contributed by atoms with van der Waals surface area (Å²) in [6.07, 6.45) is 1.83. The SMILES string of the molecule is CCNC1(C(N)=O)CCN(CC[C@H](CN(CC(N)=O)C(=O)c2cc(C#N)cc3ccccc23)c2ccc(Cl)c(Cl)c2)CC1. The van der Waals surface area contributed by atoms with E-state index in [0.29, 0.717) is 72.0 Å². The first-order chi connectivity index (χ1) is 20.6. The van der Waals surface area contributed by atoms with Gasteiger partial charge in [0.05, 0.1) is 28.2 Å². The van der Waals surface area contributed by atoms with Gasteiger partial charge in [-0.25, -0.2) is 0 Å². The number of hydrogen-bond acceptors (Lipinski definition) is 6. The third-order valence-corrected chi connectivity index (χ3v) is 8.94. The molecule has 11 heteroatoms. The van der Waals surface area contributed by atoms with Crippen LogP contribution in [0.5, 0.6) is 0 Å². The Morgan fingerprint density at radius 1 is 1.07 bits per heavy atom. The predicted octanol–water partition coefficient (Wildman–Crippen LogP) is 4.05. The summed E-state index contributed by atoms with van der Waals surface area (Å²) in [7, 11) is 0. The van der Waals surface area contributed by atoms with Crippen LogP contribution < -0.4 is 16.8 Å². The maximum atomic E-state index is 14.1. The molecule has 4 rings (SSSR count). The number of nitriles is 1. The summed E-state index contributed by atoms with van der Waals surface area (Å²) < 4.78 is 0. The first kappa shape index (κ1) is 32.2. The van der Waals surface area contributed by atoms with Gasteiger partial charge < -0.3 is 26.6 Å². The molecule has 1 aliphatic heterocycles. The molecule has 226 valence electrons. The van der Waals surface area contributed by atoms with Gasteiger partial charge in [-0.15, -0.1) is 0 Å². The molecule has 1 heterocycles. The van der Waals surface area contributed by atoms with Gasteiger partial charge in [-0.05, 0) is 73.0 Å². The minimum absolute atomic E-state index is 0.182. The number of halogens is 2. The van der Waals surface area contributed by atoms with E-state index in [1.807, 2.05) is 37.3 Å². The van der Waals surface area contributed by atoms with Crippen LogP contribution in [0.15, 0.2) is 54.6 Å². The quantitative estimate of drug-likeness (QED) is 0.278. The third-order valence-electron chi connectivity index (χ3n) is 8.20. The molecular weight excluding hydrogens is 587 g/mol. The van der Waals surface area contributed by atoms with Crippen molar-refractivity contribution in [3.8, 4) is 6.07 Å². The summed E-state index contributed by atoms with van der Waals surface area (Å²) >= 11 is 12.6. The number of benzene rings is 3. The molecule has 1 atom stereocenters. The number of piperidine rings is 1. The lowest BCUT2D eigenvalue weighted by Crippen LogP contribution is -2.60. The maximum Gasteiger partial charge on any atom is 0.255 e. The van der Waals surface area contributed by atoms with Crippen molar-refractivity contribution in [1.29, 1.82) is 5.26 Å². The fourth-order valence-corrected chi connectivity index (χ4v) is 6.18. The lowest BCUT2D eigenvalue weighted by Gasteiger charge is -2.40. The Labute approximate surface area is 261 Å². The maximum absolute atomic E-state index is 14.1. The molecule has 3 aromatic carbocycles. The van der Waals surface area contributed by atoms with Crippen molar-refractivity contribution >= 4 is 51.7 Å². The number of primary amides is 2. The van der Waals surface area contributed by atoms with Gasteiger partial charge in [0.2, 0.25) is 11.8 Å². The number of hydrogen-bond donors (Lipinski definition) is 3. The molecule has 0 unspecified atom stereocenters. The zero-order valence-corrected chi connectivity index (χ0v) is 25.6. The highest BCUT2D eigenvalue weighted by molar-refractivity contribution is 6.42. The summed E-state index contributed by atoms with van der Waals surface area (Å²) in [5.74, 6) is -1.60. The molecule has 1 fully saturated rings. The summed E-state index contributed by atoms with van der Waals surface area (Å²) in [6, 6.07) is 18.1. The average molecular weight is 624 g/mol. The van der Waals surface area contributed by atoms with Crippen LogP contribution in [0.3, 0.4) is 0 Å². The molecule has 0 aliphatic carbocycles. The van der Waals surface area contributed by atoms with Crippen LogP contribution in [0.25, 0.3) is 10.8 Å². The van der Waals surface area contributed by atoms with E-state index in [9.17, 15) is 19.6 Å². The predicted molar refractivity (Wildman–Crippen MR) is 169 cm³/mol. The van der Waals surface area contributed by atoms with Crippen molar-refractivity contribution in [3.63, 3.8) is 0 Å². The largest absolute Gasteiger partial charge is 0.368 e. The van der Waals surface area contributed by atoms with Crippen molar-refractivity contribution in [2.75, 3.05) is 39.3 Å². The van der Waals surface area contributed by atoms with E-state index in [4.69, 9.17) is 34.7 Å². The van der Waals surface area contributed by atoms with E-state index in [0.717, 1.165) is 10.9 Å². The molecule has 1 aliphatic rings. The number of likely N-dealkylation sites (tertiary alicyclic amines) is 1. The fraction of sp³-hybridized carbons (Fsp3) is 0.375. The second-order valence-corrected chi connectivity index (χ2v) is 11.8. The van der Waals surface area contributed by atoms with Crippen molar-refractivity contribution in [1.82, 2.24) is 15.1 Å². The molecule has 0 aromatic heterocycles. The van der Waals surface area contributed by atoms with Crippen LogP contribution in [0.1, 0.15) is 53.6 Å². The van der Waals surface area contributed by atoms with Crippen LogP contribution >= 0.6 is 23.2 Å². The minimum Gasteiger partial charge on any atom is -0.368 e. The zero-order chi connectivity index (χ0) is 31.1. The van der Waals surface area contributed by atoms with Crippen molar-refractivity contribution in [2.24, 2.45) is 11.5 Å². The number of rotatable bonds is 12. The molecule has 43 heavy (non-hydrogen) atoms. The molecule has 0 saturated carbocycles. The smallest absolute Gasteiger partial charge is 0.255 e. The van der Waals surface area contributed by atoms with E-state index < -0.39 is 17.4 Å². The second-order valence-electron chi connectivity index (χ2n) is 11.0. The third kappa shape index (κ3) is 7.64. The highest BCUT2D eigenvalue weighted by Gasteiger charge is 2.39. The van der Waals surface area contributed by atoms with Crippen LogP contribution in [0, 0.1) is 11.3 Å². The first-order valence-corrected chi connectivity index (χ1v) is 15.0. The van der Waals surface area contributed by atoms with Gasteiger partial charge in [-0.1, -0.05) is 60.5 Å².